The van der Waals surface area contributed by atoms with E-state index in [1.54, 1.807) is 39.4 Å². The maximum absolute atomic E-state index is 10.6. The molecular formula is C33H54BN9O12. The zero-order valence-electron chi connectivity index (χ0n) is 31.5. The number of nitrogens with zero attached hydrogens (tertiary/aromatic N) is 9. The van der Waals surface area contributed by atoms with Gasteiger partial charge in [-0.2, -0.15) is 0 Å². The van der Waals surface area contributed by atoms with E-state index in [1.165, 1.54) is 14.0 Å². The summed E-state index contributed by atoms with van der Waals surface area (Å²) >= 11 is 0. The SMILES string of the molecule is B[C@@H](C)C(Cc1cn(CC2OC(C)C(O)C(O)C2O)nn1)(Cc1cn(CC2OC(C)C(O)C(O)C2O)nn1)Cc1cn(CC2OC(C)C(O)C(O)C2O)nn1. The van der Waals surface area contributed by atoms with Crippen LogP contribution in [0.1, 0.15) is 44.8 Å². The zero-order valence-corrected chi connectivity index (χ0v) is 31.5. The summed E-state index contributed by atoms with van der Waals surface area (Å²) in [5.74, 6) is -0.0316. The Hall–Kier alpha value is -3.00. The standard InChI is InChI=1S/C33H54BN9O12/c1-14-24(44)30(50)27(47)21(53-14)11-41-8-18(35-38-41)5-33(17(4)34,6-19-9-42(39-36-19)12-22-28(48)31(51)25(45)15(2)54-22)7-20-10-43(40-37-20)13-23-29(49)32(52)26(46)16(3)55-23/h8-10,14-17,21-32,44-52H,5-7,11-13,34H2,1-4H3/t14?,15?,16?,17-,21?,22?,23?,24?,25?,26?,27?,28?,29?,30?,31?,32?,33?/m0/s1. The van der Waals surface area contributed by atoms with E-state index in [9.17, 15) is 46.0 Å². The largest absolute Gasteiger partial charge is 0.388 e. The first-order valence-electron chi connectivity index (χ1n) is 18.7. The monoisotopic (exact) mass is 779 g/mol. The number of rotatable bonds is 13. The van der Waals surface area contributed by atoms with E-state index >= 15 is 0 Å². The maximum atomic E-state index is 10.6. The number of hydrogen-bond acceptors (Lipinski definition) is 18. The molecule has 6 rings (SSSR count). The first-order chi connectivity index (χ1) is 26.0. The van der Waals surface area contributed by atoms with Crippen LogP contribution >= 0.6 is 0 Å². The topological polar surface area (TPSA) is 302 Å². The molecule has 0 aliphatic carbocycles. The Morgan fingerprint density at radius 1 is 0.527 bits per heavy atom. The average Bonchev–Trinajstić information content (AvgIpc) is 3.90. The van der Waals surface area contributed by atoms with Crippen LogP contribution in [-0.2, 0) is 53.1 Å². The summed E-state index contributed by atoms with van der Waals surface area (Å²) in [7, 11) is 2.06. The fourth-order valence-corrected chi connectivity index (χ4v) is 7.82. The lowest BCUT2D eigenvalue weighted by atomic mass is 9.60. The van der Waals surface area contributed by atoms with Crippen LogP contribution in [0.3, 0.4) is 0 Å². The Morgan fingerprint density at radius 2 is 0.800 bits per heavy atom. The van der Waals surface area contributed by atoms with Gasteiger partial charge in [-0.1, -0.05) is 28.4 Å². The van der Waals surface area contributed by atoms with Gasteiger partial charge in [-0.05, 0) is 45.4 Å². The lowest BCUT2D eigenvalue weighted by Crippen LogP contribution is -2.57. The van der Waals surface area contributed by atoms with E-state index in [2.05, 4.69) is 45.7 Å². The first kappa shape index (κ1) is 41.6. The summed E-state index contributed by atoms with van der Waals surface area (Å²) in [6.07, 6.45) is -10.2. The summed E-state index contributed by atoms with van der Waals surface area (Å²) < 4.78 is 21.8. The molecule has 0 saturated carbocycles. The molecule has 15 unspecified atom stereocenters. The lowest BCUT2D eigenvalue weighted by molar-refractivity contribution is -0.220. The number of hydrogen-bond donors (Lipinski definition) is 9. The molecule has 0 aromatic carbocycles. The normalized spacial score (nSPS) is 38.8. The third-order valence-corrected chi connectivity index (χ3v) is 11.5. The number of ether oxygens (including phenoxy) is 3. The highest BCUT2D eigenvalue weighted by Gasteiger charge is 2.45. The number of aliphatic hydroxyl groups is 9. The highest BCUT2D eigenvalue weighted by atomic mass is 16.5. The predicted molar refractivity (Wildman–Crippen MR) is 189 cm³/mol. The molecule has 22 heteroatoms. The van der Waals surface area contributed by atoms with E-state index < -0.39 is 97.0 Å². The van der Waals surface area contributed by atoms with Crippen molar-refractivity contribution in [2.75, 3.05) is 0 Å². The summed E-state index contributed by atoms with van der Waals surface area (Å²) in [5, 5.41) is 119. The molecule has 3 saturated heterocycles. The van der Waals surface area contributed by atoms with Crippen LogP contribution < -0.4 is 0 Å². The molecule has 55 heavy (non-hydrogen) atoms. The van der Waals surface area contributed by atoms with Crippen LogP contribution in [0.15, 0.2) is 18.6 Å². The Balaban J connectivity index is 1.23. The second kappa shape index (κ2) is 16.8. The van der Waals surface area contributed by atoms with Gasteiger partial charge in [-0.25, -0.2) is 14.0 Å². The molecule has 0 bridgehead atoms. The van der Waals surface area contributed by atoms with Crippen molar-refractivity contribution in [3.63, 3.8) is 0 Å². The zero-order chi connectivity index (χ0) is 39.9. The molecule has 0 spiro atoms. The van der Waals surface area contributed by atoms with Crippen molar-refractivity contribution in [1.82, 2.24) is 45.0 Å². The second-order valence-corrected chi connectivity index (χ2v) is 15.9. The van der Waals surface area contributed by atoms with Crippen LogP contribution in [0.4, 0.5) is 0 Å². The van der Waals surface area contributed by atoms with Crippen molar-refractivity contribution in [3.8, 4) is 0 Å². The van der Waals surface area contributed by atoms with Crippen LogP contribution in [0.2, 0.25) is 5.82 Å². The average molecular weight is 780 g/mol. The smallest absolute Gasteiger partial charge is 0.111 e. The molecular weight excluding hydrogens is 725 g/mol. The Bertz CT molecular complexity index is 1510. The highest BCUT2D eigenvalue weighted by Crippen LogP contribution is 2.40. The van der Waals surface area contributed by atoms with E-state index in [1.807, 2.05) is 0 Å². The predicted octanol–water partition coefficient (Wildman–Crippen LogP) is -5.47. The number of aliphatic hydroxyl groups excluding tert-OH is 9. The van der Waals surface area contributed by atoms with Gasteiger partial charge < -0.3 is 60.2 Å². The highest BCUT2D eigenvalue weighted by molar-refractivity contribution is 6.12. The summed E-state index contributed by atoms with van der Waals surface area (Å²) in [6.45, 7) is 7.09. The van der Waals surface area contributed by atoms with Gasteiger partial charge >= 0.3 is 0 Å². The molecule has 21 nitrogen and oxygen atoms in total. The van der Waals surface area contributed by atoms with Crippen molar-refractivity contribution >= 4 is 7.85 Å². The van der Waals surface area contributed by atoms with Gasteiger partial charge in [0.15, 0.2) is 0 Å². The van der Waals surface area contributed by atoms with Gasteiger partial charge in [-0.15, -0.1) is 15.3 Å². The molecule has 306 valence electrons. The van der Waals surface area contributed by atoms with Crippen molar-refractivity contribution < 1.29 is 60.2 Å². The van der Waals surface area contributed by atoms with Crippen LogP contribution in [0.5, 0.6) is 0 Å². The van der Waals surface area contributed by atoms with Gasteiger partial charge in [-0.3, -0.25) is 0 Å². The Morgan fingerprint density at radius 3 is 1.05 bits per heavy atom. The van der Waals surface area contributed by atoms with Crippen molar-refractivity contribution in [3.05, 3.63) is 35.7 Å². The van der Waals surface area contributed by atoms with Gasteiger partial charge in [0.1, 0.15) is 81.1 Å². The molecule has 3 fully saturated rings. The minimum absolute atomic E-state index is 0.0316. The second-order valence-electron chi connectivity index (χ2n) is 15.9. The molecule has 0 amide bonds. The Kier molecular flexibility index (Phi) is 12.8. The first-order valence-corrected chi connectivity index (χ1v) is 18.7. The lowest BCUT2D eigenvalue weighted by Gasteiger charge is -2.39. The van der Waals surface area contributed by atoms with Crippen LogP contribution in [0.25, 0.3) is 0 Å². The van der Waals surface area contributed by atoms with Crippen molar-refractivity contribution in [1.29, 1.82) is 0 Å². The summed E-state index contributed by atoms with van der Waals surface area (Å²) in [6, 6.07) is 0. The van der Waals surface area contributed by atoms with Crippen molar-refractivity contribution in [2.45, 2.75) is 164 Å². The van der Waals surface area contributed by atoms with Crippen LogP contribution in [-0.4, -0.2) is 190 Å². The van der Waals surface area contributed by atoms with Gasteiger partial charge in [0.2, 0.25) is 0 Å². The van der Waals surface area contributed by atoms with E-state index in [0.29, 0.717) is 36.3 Å². The summed E-state index contributed by atoms with van der Waals surface area (Å²) in [5.41, 5.74) is 1.18. The van der Waals surface area contributed by atoms with Gasteiger partial charge in [0.25, 0.3) is 0 Å². The van der Waals surface area contributed by atoms with Crippen LogP contribution in [0, 0.1) is 5.41 Å². The third kappa shape index (κ3) is 8.95. The molecule has 3 aliphatic heterocycles. The number of aromatic nitrogens is 9. The molecule has 3 aromatic rings. The van der Waals surface area contributed by atoms with E-state index in [-0.39, 0.29) is 25.5 Å². The molecule has 16 atom stereocenters. The van der Waals surface area contributed by atoms with Gasteiger partial charge in [0.05, 0.1) is 55.0 Å². The minimum Gasteiger partial charge on any atom is -0.388 e. The minimum atomic E-state index is -1.38. The third-order valence-electron chi connectivity index (χ3n) is 11.5. The van der Waals surface area contributed by atoms with E-state index in [4.69, 9.17) is 14.2 Å². The van der Waals surface area contributed by atoms with E-state index in [0.717, 1.165) is 0 Å². The fourth-order valence-electron chi connectivity index (χ4n) is 7.82. The molecule has 0 radical (unpaired) electrons. The quantitative estimate of drug-likeness (QED) is 0.0731. The fraction of sp³-hybridized carbons (Fsp3) is 0.818. The maximum Gasteiger partial charge on any atom is 0.111 e. The van der Waals surface area contributed by atoms with Gasteiger partial charge in [0, 0.05) is 18.6 Å². The Labute approximate surface area is 317 Å². The molecule has 3 aliphatic rings. The molecule has 3 aromatic heterocycles. The summed E-state index contributed by atoms with van der Waals surface area (Å²) in [4.78, 5) is 0. The molecule has 6 heterocycles. The molecule has 9 N–H and O–H groups in total. The van der Waals surface area contributed by atoms with Crippen molar-refractivity contribution in [2.24, 2.45) is 5.41 Å².